The molecule has 0 bridgehead atoms. The summed E-state index contributed by atoms with van der Waals surface area (Å²) >= 11 is 0. The summed E-state index contributed by atoms with van der Waals surface area (Å²) < 4.78 is 0. The number of carbonyl (C=O) groups is 1. The van der Waals surface area contributed by atoms with E-state index in [4.69, 9.17) is 5.73 Å². The Morgan fingerprint density at radius 2 is 2.29 bits per heavy atom. The summed E-state index contributed by atoms with van der Waals surface area (Å²) in [5, 5.41) is 3.03. The van der Waals surface area contributed by atoms with Gasteiger partial charge in [-0.15, -0.1) is 0 Å². The van der Waals surface area contributed by atoms with E-state index in [9.17, 15) is 4.79 Å². The first kappa shape index (κ1) is 9.02. The van der Waals surface area contributed by atoms with Crippen molar-refractivity contribution in [2.24, 2.45) is 0 Å². The van der Waals surface area contributed by atoms with Gasteiger partial charge in [0.2, 0.25) is 5.91 Å². The molecule has 0 unspecified atom stereocenters. The molecule has 0 aliphatic carbocycles. The number of hydrogen-bond acceptors (Lipinski definition) is 3. The van der Waals surface area contributed by atoms with Crippen LogP contribution in [0.2, 0.25) is 0 Å². The Bertz CT molecular complexity index is 351. The summed E-state index contributed by atoms with van der Waals surface area (Å²) in [6.45, 7) is 1.96. The summed E-state index contributed by atoms with van der Waals surface area (Å²) in [6.07, 6.45) is 0. The third kappa shape index (κ3) is 1.70. The van der Waals surface area contributed by atoms with Crippen molar-refractivity contribution in [2.75, 3.05) is 30.3 Å². The molecule has 1 amide bonds. The van der Waals surface area contributed by atoms with Crippen molar-refractivity contribution < 1.29 is 4.79 Å². The fraction of sp³-hybridized carbons (Fsp3) is 0.300. The molecule has 1 fully saturated rings. The van der Waals surface area contributed by atoms with E-state index in [0.717, 1.165) is 12.2 Å². The minimum atomic E-state index is 0.0989. The zero-order valence-corrected chi connectivity index (χ0v) is 7.86. The van der Waals surface area contributed by atoms with Crippen molar-refractivity contribution >= 4 is 17.3 Å². The van der Waals surface area contributed by atoms with Crippen LogP contribution in [0.5, 0.6) is 0 Å². The summed E-state index contributed by atoms with van der Waals surface area (Å²) in [6, 6.07) is 7.40. The zero-order chi connectivity index (χ0) is 9.97. The maximum Gasteiger partial charge on any atom is 0.240 e. The quantitative estimate of drug-likeness (QED) is 0.624. The van der Waals surface area contributed by atoms with Crippen molar-refractivity contribution in [3.63, 3.8) is 0 Å². The van der Waals surface area contributed by atoms with Crippen molar-refractivity contribution in [3.05, 3.63) is 24.3 Å². The highest BCUT2D eigenvalue weighted by Gasteiger charge is 2.18. The van der Waals surface area contributed by atoms with E-state index in [1.165, 1.54) is 0 Å². The number of rotatable bonds is 1. The van der Waals surface area contributed by atoms with Gasteiger partial charge < -0.3 is 16.0 Å². The molecular formula is C10H13N3O. The molecule has 1 aromatic rings. The van der Waals surface area contributed by atoms with Crippen LogP contribution in [-0.2, 0) is 4.79 Å². The lowest BCUT2D eigenvalue weighted by atomic mass is 10.2. The van der Waals surface area contributed by atoms with Gasteiger partial charge in [-0.3, -0.25) is 4.79 Å². The molecule has 1 aliphatic rings. The van der Waals surface area contributed by atoms with Crippen LogP contribution < -0.4 is 16.0 Å². The maximum absolute atomic E-state index is 11.5. The lowest BCUT2D eigenvalue weighted by Gasteiger charge is -2.27. The second kappa shape index (κ2) is 3.67. The minimum absolute atomic E-state index is 0.0989. The zero-order valence-electron chi connectivity index (χ0n) is 7.86. The van der Waals surface area contributed by atoms with Gasteiger partial charge in [0, 0.05) is 24.5 Å². The Hall–Kier alpha value is -1.55. The number of hydrogen-bond donors (Lipinski definition) is 2. The van der Waals surface area contributed by atoms with E-state index in [1.54, 1.807) is 4.90 Å². The molecule has 2 rings (SSSR count). The molecule has 1 heterocycles. The van der Waals surface area contributed by atoms with Crippen molar-refractivity contribution in [3.8, 4) is 0 Å². The van der Waals surface area contributed by atoms with E-state index in [1.807, 2.05) is 24.3 Å². The largest absolute Gasteiger partial charge is 0.399 e. The molecule has 14 heavy (non-hydrogen) atoms. The van der Waals surface area contributed by atoms with Gasteiger partial charge in [-0.1, -0.05) is 6.07 Å². The molecule has 4 nitrogen and oxygen atoms in total. The fourth-order valence-corrected chi connectivity index (χ4v) is 1.57. The van der Waals surface area contributed by atoms with Crippen LogP contribution in [0.1, 0.15) is 0 Å². The number of amides is 1. The van der Waals surface area contributed by atoms with Gasteiger partial charge in [0.1, 0.15) is 0 Å². The lowest BCUT2D eigenvalue weighted by Crippen LogP contribution is -2.48. The first-order valence-corrected chi connectivity index (χ1v) is 4.64. The van der Waals surface area contributed by atoms with E-state index in [0.29, 0.717) is 18.8 Å². The highest BCUT2D eigenvalue weighted by molar-refractivity contribution is 5.95. The van der Waals surface area contributed by atoms with Crippen molar-refractivity contribution in [1.82, 2.24) is 5.32 Å². The molecule has 1 aromatic carbocycles. The van der Waals surface area contributed by atoms with Crippen LogP contribution in [0.3, 0.4) is 0 Å². The van der Waals surface area contributed by atoms with E-state index in [2.05, 4.69) is 5.32 Å². The average molecular weight is 191 g/mol. The van der Waals surface area contributed by atoms with Crippen LogP contribution in [0.25, 0.3) is 0 Å². The number of anilines is 2. The number of nitrogens with one attached hydrogen (secondary N) is 1. The molecular weight excluding hydrogens is 178 g/mol. The molecule has 3 N–H and O–H groups in total. The summed E-state index contributed by atoms with van der Waals surface area (Å²) in [5.41, 5.74) is 7.23. The van der Waals surface area contributed by atoms with Gasteiger partial charge in [0.25, 0.3) is 0 Å². The highest BCUT2D eigenvalue weighted by atomic mass is 16.2. The van der Waals surface area contributed by atoms with Crippen LogP contribution in [0.15, 0.2) is 24.3 Å². The van der Waals surface area contributed by atoms with E-state index < -0.39 is 0 Å². The van der Waals surface area contributed by atoms with Gasteiger partial charge in [-0.2, -0.15) is 0 Å². The Morgan fingerprint density at radius 1 is 1.43 bits per heavy atom. The minimum Gasteiger partial charge on any atom is -0.399 e. The van der Waals surface area contributed by atoms with Crippen LogP contribution in [0, 0.1) is 0 Å². The number of carbonyl (C=O) groups excluding carboxylic acids is 1. The monoisotopic (exact) mass is 191 g/mol. The first-order valence-electron chi connectivity index (χ1n) is 4.64. The van der Waals surface area contributed by atoms with Gasteiger partial charge in [-0.05, 0) is 18.2 Å². The predicted octanol–water partition coefficient (Wildman–Crippen LogP) is 0.205. The Kier molecular flexibility index (Phi) is 2.37. The standard InChI is InChI=1S/C10H13N3O/c11-8-2-1-3-9(6-8)13-5-4-12-7-10(13)14/h1-3,6,12H,4-5,7,11H2. The molecule has 0 spiro atoms. The molecule has 74 valence electrons. The smallest absolute Gasteiger partial charge is 0.240 e. The number of benzene rings is 1. The van der Waals surface area contributed by atoms with Crippen LogP contribution in [0.4, 0.5) is 11.4 Å². The maximum atomic E-state index is 11.5. The Balaban J connectivity index is 2.24. The number of nitrogen functional groups attached to an aromatic ring is 1. The van der Waals surface area contributed by atoms with Gasteiger partial charge in [0.15, 0.2) is 0 Å². The van der Waals surface area contributed by atoms with Crippen LogP contribution in [-0.4, -0.2) is 25.5 Å². The Labute approximate surface area is 82.7 Å². The second-order valence-corrected chi connectivity index (χ2v) is 3.32. The van der Waals surface area contributed by atoms with Crippen molar-refractivity contribution in [2.45, 2.75) is 0 Å². The normalized spacial score (nSPS) is 17.1. The average Bonchev–Trinajstić information content (AvgIpc) is 2.18. The molecule has 0 atom stereocenters. The summed E-state index contributed by atoms with van der Waals surface area (Å²) in [7, 11) is 0. The van der Waals surface area contributed by atoms with E-state index >= 15 is 0 Å². The highest BCUT2D eigenvalue weighted by Crippen LogP contribution is 2.17. The molecule has 0 saturated carbocycles. The summed E-state index contributed by atoms with van der Waals surface area (Å²) in [5.74, 6) is 0.0989. The van der Waals surface area contributed by atoms with E-state index in [-0.39, 0.29) is 5.91 Å². The first-order chi connectivity index (χ1) is 6.77. The van der Waals surface area contributed by atoms with Gasteiger partial charge in [0.05, 0.1) is 6.54 Å². The summed E-state index contributed by atoms with van der Waals surface area (Å²) in [4.78, 5) is 13.3. The molecule has 1 aliphatic heterocycles. The lowest BCUT2D eigenvalue weighted by molar-refractivity contribution is -0.118. The van der Waals surface area contributed by atoms with Crippen LogP contribution >= 0.6 is 0 Å². The fourth-order valence-electron chi connectivity index (χ4n) is 1.57. The molecule has 0 radical (unpaired) electrons. The third-order valence-corrected chi connectivity index (χ3v) is 2.27. The topological polar surface area (TPSA) is 58.4 Å². The molecule has 0 aromatic heterocycles. The molecule has 1 saturated heterocycles. The third-order valence-electron chi connectivity index (χ3n) is 2.27. The number of nitrogens with zero attached hydrogens (tertiary/aromatic N) is 1. The second-order valence-electron chi connectivity index (χ2n) is 3.32. The predicted molar refractivity (Wildman–Crippen MR) is 56.1 cm³/mol. The SMILES string of the molecule is Nc1cccc(N2CCNCC2=O)c1. The Morgan fingerprint density at radius 3 is 3.00 bits per heavy atom. The van der Waals surface area contributed by atoms with Gasteiger partial charge in [-0.25, -0.2) is 0 Å². The van der Waals surface area contributed by atoms with Gasteiger partial charge >= 0.3 is 0 Å². The number of piperazine rings is 1. The number of nitrogens with two attached hydrogens (primary N) is 1. The van der Waals surface area contributed by atoms with Crippen molar-refractivity contribution in [1.29, 1.82) is 0 Å². The molecule has 4 heteroatoms.